The number of halogens is 1. The quantitative estimate of drug-likeness (QED) is 0.438. The number of methoxy groups -OCH3 is 3. The van der Waals surface area contributed by atoms with E-state index in [0.717, 1.165) is 0 Å². The van der Waals surface area contributed by atoms with E-state index < -0.39 is 11.9 Å². The van der Waals surface area contributed by atoms with Crippen molar-refractivity contribution >= 4 is 23.5 Å². The highest BCUT2D eigenvalue weighted by Gasteiger charge is 2.26. The summed E-state index contributed by atoms with van der Waals surface area (Å²) in [6.45, 7) is 0.379. The van der Waals surface area contributed by atoms with E-state index in [1.165, 1.54) is 21.3 Å². The Labute approximate surface area is 166 Å². The number of nitrogens with one attached hydrogen (secondary N) is 2. The van der Waals surface area contributed by atoms with Crippen molar-refractivity contribution < 1.29 is 34.0 Å². The maximum absolute atomic E-state index is 11.5. The normalized spacial score (nSPS) is 10.6. The number of hydrogen-bond donors (Lipinski definition) is 4. The molecule has 1 heterocycles. The Kier molecular flexibility index (Phi) is 7.13. The fourth-order valence-electron chi connectivity index (χ4n) is 2.79. The lowest BCUT2D eigenvalue weighted by Crippen LogP contribution is -2.18. The third-order valence-electron chi connectivity index (χ3n) is 4.02. The number of H-pyrrole nitrogens is 1. The Bertz CT molecular complexity index is 879. The van der Waals surface area contributed by atoms with E-state index in [0.29, 0.717) is 34.1 Å². The maximum Gasteiger partial charge on any atom is 0.353 e. The average Bonchev–Trinajstić information content (AvgIpc) is 2.99. The SMILES string of the molecule is COc1ccc(-c2c(CNCCC(=O)O)[nH]c(C(=O)O)c2Cl)c(OC)c1OC. The van der Waals surface area contributed by atoms with E-state index in [-0.39, 0.29) is 30.2 Å². The minimum Gasteiger partial charge on any atom is -0.493 e. The molecular formula is C18H21ClN2O7. The molecule has 10 heteroatoms. The molecule has 28 heavy (non-hydrogen) atoms. The van der Waals surface area contributed by atoms with Crippen LogP contribution in [0.5, 0.6) is 17.2 Å². The van der Waals surface area contributed by atoms with Gasteiger partial charge in [-0.1, -0.05) is 11.6 Å². The zero-order chi connectivity index (χ0) is 20.8. The van der Waals surface area contributed by atoms with Crippen LogP contribution < -0.4 is 19.5 Å². The molecule has 0 amide bonds. The molecule has 0 radical (unpaired) electrons. The first kappa shape index (κ1) is 21.4. The summed E-state index contributed by atoms with van der Waals surface area (Å²) in [6, 6.07) is 3.34. The number of carboxylic acids is 2. The zero-order valence-corrected chi connectivity index (χ0v) is 16.3. The van der Waals surface area contributed by atoms with Gasteiger partial charge in [-0.05, 0) is 12.1 Å². The molecule has 0 atom stereocenters. The van der Waals surface area contributed by atoms with E-state index in [1.54, 1.807) is 12.1 Å². The molecule has 0 saturated carbocycles. The van der Waals surface area contributed by atoms with E-state index in [2.05, 4.69) is 10.3 Å². The van der Waals surface area contributed by atoms with E-state index in [4.69, 9.17) is 30.9 Å². The molecule has 0 bridgehead atoms. The molecule has 1 aromatic carbocycles. The first-order valence-corrected chi connectivity index (χ1v) is 8.58. The van der Waals surface area contributed by atoms with Crippen molar-refractivity contribution in [3.63, 3.8) is 0 Å². The van der Waals surface area contributed by atoms with Crippen LogP contribution in [0.4, 0.5) is 0 Å². The summed E-state index contributed by atoms with van der Waals surface area (Å²) in [6.07, 6.45) is -0.0742. The van der Waals surface area contributed by atoms with Crippen molar-refractivity contribution in [2.24, 2.45) is 0 Å². The molecule has 2 aromatic rings. The highest BCUT2D eigenvalue weighted by molar-refractivity contribution is 6.36. The number of aromatic nitrogens is 1. The van der Waals surface area contributed by atoms with Crippen LogP contribution in [-0.2, 0) is 11.3 Å². The molecule has 0 unspecified atom stereocenters. The van der Waals surface area contributed by atoms with Crippen molar-refractivity contribution in [3.8, 4) is 28.4 Å². The summed E-state index contributed by atoms with van der Waals surface area (Å²) in [5, 5.41) is 21.1. The van der Waals surface area contributed by atoms with Crippen molar-refractivity contribution in [1.29, 1.82) is 0 Å². The fraction of sp³-hybridized carbons (Fsp3) is 0.333. The molecule has 0 fully saturated rings. The lowest BCUT2D eigenvalue weighted by atomic mass is 10.0. The smallest absolute Gasteiger partial charge is 0.353 e. The van der Waals surface area contributed by atoms with Gasteiger partial charge in [0.2, 0.25) is 5.75 Å². The van der Waals surface area contributed by atoms with Crippen LogP contribution in [0.1, 0.15) is 22.6 Å². The average molecular weight is 413 g/mol. The number of benzene rings is 1. The molecule has 0 aliphatic rings. The van der Waals surface area contributed by atoms with Gasteiger partial charge in [-0.2, -0.15) is 0 Å². The largest absolute Gasteiger partial charge is 0.493 e. The number of carboxylic acid groups (broad SMARTS) is 2. The van der Waals surface area contributed by atoms with Gasteiger partial charge in [0.05, 0.1) is 32.8 Å². The van der Waals surface area contributed by atoms with Gasteiger partial charge in [-0.25, -0.2) is 4.79 Å². The van der Waals surface area contributed by atoms with E-state index >= 15 is 0 Å². The van der Waals surface area contributed by atoms with Gasteiger partial charge in [0.25, 0.3) is 0 Å². The van der Waals surface area contributed by atoms with Crippen LogP contribution in [0.15, 0.2) is 12.1 Å². The van der Waals surface area contributed by atoms with Crippen LogP contribution in [-0.4, -0.2) is 55.0 Å². The van der Waals surface area contributed by atoms with E-state index in [1.807, 2.05) is 0 Å². The number of aromatic amines is 1. The summed E-state index contributed by atoms with van der Waals surface area (Å²) < 4.78 is 16.1. The van der Waals surface area contributed by atoms with Crippen LogP contribution in [0.3, 0.4) is 0 Å². The molecule has 0 saturated heterocycles. The molecule has 1 aromatic heterocycles. The number of rotatable bonds is 10. The molecule has 0 aliphatic carbocycles. The first-order chi connectivity index (χ1) is 13.3. The van der Waals surface area contributed by atoms with E-state index in [9.17, 15) is 14.7 Å². The second kappa shape index (κ2) is 9.34. The van der Waals surface area contributed by atoms with Crippen LogP contribution in [0.25, 0.3) is 11.1 Å². The molecule has 0 spiro atoms. The van der Waals surface area contributed by atoms with Gasteiger partial charge < -0.3 is 34.7 Å². The Hall–Kier alpha value is -2.91. The minimum atomic E-state index is -1.22. The van der Waals surface area contributed by atoms with Crippen molar-refractivity contribution in [2.45, 2.75) is 13.0 Å². The highest BCUT2D eigenvalue weighted by Crippen LogP contribution is 2.47. The Morgan fingerprint density at radius 3 is 2.32 bits per heavy atom. The molecule has 4 N–H and O–H groups in total. The third-order valence-corrected chi connectivity index (χ3v) is 4.40. The lowest BCUT2D eigenvalue weighted by molar-refractivity contribution is -0.136. The second-order valence-electron chi connectivity index (χ2n) is 5.68. The first-order valence-electron chi connectivity index (χ1n) is 8.21. The summed E-state index contributed by atoms with van der Waals surface area (Å²) in [4.78, 5) is 25.0. The van der Waals surface area contributed by atoms with Gasteiger partial charge in [0, 0.05) is 29.9 Å². The fourth-order valence-corrected chi connectivity index (χ4v) is 3.14. The number of hydrogen-bond acceptors (Lipinski definition) is 6. The number of aromatic carboxylic acids is 1. The Morgan fingerprint density at radius 1 is 1.11 bits per heavy atom. The summed E-state index contributed by atoms with van der Waals surface area (Å²) in [5.74, 6) is -1.06. The molecule has 9 nitrogen and oxygen atoms in total. The van der Waals surface area contributed by atoms with Crippen molar-refractivity contribution in [2.75, 3.05) is 27.9 Å². The van der Waals surface area contributed by atoms with Crippen LogP contribution >= 0.6 is 11.6 Å². The van der Waals surface area contributed by atoms with Crippen LogP contribution in [0, 0.1) is 0 Å². The Morgan fingerprint density at radius 2 is 1.79 bits per heavy atom. The Balaban J connectivity index is 2.57. The summed E-state index contributed by atoms with van der Waals surface area (Å²) in [5.41, 5.74) is 1.21. The van der Waals surface area contributed by atoms with Crippen LogP contribution in [0.2, 0.25) is 5.02 Å². The number of ether oxygens (including phenoxy) is 3. The number of aliphatic carboxylic acids is 1. The monoisotopic (exact) mass is 412 g/mol. The van der Waals surface area contributed by atoms with Gasteiger partial charge in [-0.15, -0.1) is 0 Å². The van der Waals surface area contributed by atoms with Gasteiger partial charge in [0.15, 0.2) is 11.5 Å². The molecule has 152 valence electrons. The number of carbonyl (C=O) groups is 2. The van der Waals surface area contributed by atoms with Crippen molar-refractivity contribution in [3.05, 3.63) is 28.5 Å². The highest BCUT2D eigenvalue weighted by atomic mass is 35.5. The topological polar surface area (TPSA) is 130 Å². The standard InChI is InChI=1S/C18H21ClN2O7/c1-26-11-5-4-9(16(27-2)17(11)28-3)13-10(8-20-7-6-12(22)23)21-15(14(13)19)18(24)25/h4-5,20-21H,6-8H2,1-3H3,(H,22,23)(H,24,25). The maximum atomic E-state index is 11.5. The second-order valence-corrected chi connectivity index (χ2v) is 6.05. The summed E-state index contributed by atoms with van der Waals surface area (Å²) in [7, 11) is 4.39. The zero-order valence-electron chi connectivity index (χ0n) is 15.6. The van der Waals surface area contributed by atoms with Gasteiger partial charge >= 0.3 is 11.9 Å². The van der Waals surface area contributed by atoms with Crippen molar-refractivity contribution in [1.82, 2.24) is 10.3 Å². The predicted octanol–water partition coefficient (Wildman–Crippen LogP) is 2.62. The predicted molar refractivity (Wildman–Crippen MR) is 102 cm³/mol. The molecule has 0 aliphatic heterocycles. The van der Waals surface area contributed by atoms with Gasteiger partial charge in [0.1, 0.15) is 5.69 Å². The lowest BCUT2D eigenvalue weighted by Gasteiger charge is -2.16. The third kappa shape index (κ3) is 4.32. The summed E-state index contributed by atoms with van der Waals surface area (Å²) >= 11 is 6.36. The minimum absolute atomic E-state index is 0.00746. The molecule has 2 rings (SSSR count). The van der Waals surface area contributed by atoms with Gasteiger partial charge in [-0.3, -0.25) is 4.79 Å². The molecular weight excluding hydrogens is 392 g/mol.